The maximum Gasteiger partial charge on any atom is 0.238 e. The van der Waals surface area contributed by atoms with Crippen LogP contribution in [0, 0.1) is 0 Å². The van der Waals surface area contributed by atoms with E-state index in [1.807, 2.05) is 6.92 Å². The SMILES string of the molecule is CCCN=C(NCC)NCCc1ccc(S(N)(=O)=O)cc1. The summed E-state index contributed by atoms with van der Waals surface area (Å²) in [5.74, 6) is 0.806. The summed E-state index contributed by atoms with van der Waals surface area (Å²) >= 11 is 0. The predicted octanol–water partition coefficient (Wildman–Crippen LogP) is 0.842. The molecule has 7 heteroatoms. The molecule has 21 heavy (non-hydrogen) atoms. The van der Waals surface area contributed by atoms with Crippen LogP contribution in [-0.4, -0.2) is 34.0 Å². The summed E-state index contributed by atoms with van der Waals surface area (Å²) in [6.45, 7) is 6.44. The average Bonchev–Trinajstić information content (AvgIpc) is 2.44. The molecule has 0 atom stereocenters. The molecule has 4 N–H and O–H groups in total. The molecule has 0 spiro atoms. The highest BCUT2D eigenvalue weighted by Gasteiger charge is 2.06. The first-order valence-electron chi connectivity index (χ1n) is 7.11. The van der Waals surface area contributed by atoms with Crippen LogP contribution in [0.25, 0.3) is 0 Å². The highest BCUT2D eigenvalue weighted by molar-refractivity contribution is 7.89. The molecule has 118 valence electrons. The van der Waals surface area contributed by atoms with Gasteiger partial charge < -0.3 is 10.6 Å². The van der Waals surface area contributed by atoms with E-state index in [0.717, 1.165) is 44.0 Å². The molecule has 0 saturated carbocycles. The number of sulfonamides is 1. The highest BCUT2D eigenvalue weighted by Crippen LogP contribution is 2.08. The third-order valence-electron chi connectivity index (χ3n) is 2.80. The minimum absolute atomic E-state index is 0.136. The van der Waals surface area contributed by atoms with Crippen molar-refractivity contribution in [2.75, 3.05) is 19.6 Å². The van der Waals surface area contributed by atoms with Gasteiger partial charge in [0, 0.05) is 19.6 Å². The average molecular weight is 312 g/mol. The first kappa shape index (κ1) is 17.5. The van der Waals surface area contributed by atoms with Gasteiger partial charge in [0.05, 0.1) is 4.90 Å². The molecule has 0 saturated heterocycles. The van der Waals surface area contributed by atoms with Gasteiger partial charge in [-0.1, -0.05) is 19.1 Å². The molecule has 1 aromatic carbocycles. The maximum absolute atomic E-state index is 11.2. The van der Waals surface area contributed by atoms with Gasteiger partial charge >= 0.3 is 0 Å². The Bertz CT molecular complexity index is 553. The van der Waals surface area contributed by atoms with E-state index in [4.69, 9.17) is 5.14 Å². The lowest BCUT2D eigenvalue weighted by atomic mass is 10.1. The summed E-state index contributed by atoms with van der Waals surface area (Å²) < 4.78 is 22.3. The van der Waals surface area contributed by atoms with Gasteiger partial charge in [-0.3, -0.25) is 4.99 Å². The van der Waals surface area contributed by atoms with Gasteiger partial charge in [0.2, 0.25) is 10.0 Å². The standard InChI is InChI=1S/C14H24N4O2S/c1-3-10-17-14(16-4-2)18-11-9-12-5-7-13(8-6-12)21(15,19)20/h5-8H,3-4,9-11H2,1-2H3,(H2,15,19,20)(H2,16,17,18). The topological polar surface area (TPSA) is 96.6 Å². The smallest absolute Gasteiger partial charge is 0.238 e. The third kappa shape index (κ3) is 6.59. The summed E-state index contributed by atoms with van der Waals surface area (Å²) in [6, 6.07) is 6.61. The number of nitrogens with zero attached hydrogens (tertiary/aromatic N) is 1. The summed E-state index contributed by atoms with van der Waals surface area (Å²) in [5, 5.41) is 11.5. The number of aliphatic imine (C=N–C) groups is 1. The Morgan fingerprint density at radius 1 is 1.19 bits per heavy atom. The molecule has 0 aliphatic rings. The molecular weight excluding hydrogens is 288 g/mol. The number of hydrogen-bond donors (Lipinski definition) is 3. The van der Waals surface area contributed by atoms with E-state index >= 15 is 0 Å². The van der Waals surface area contributed by atoms with E-state index in [1.165, 1.54) is 12.1 Å². The Balaban J connectivity index is 2.51. The zero-order valence-electron chi connectivity index (χ0n) is 12.6. The van der Waals surface area contributed by atoms with E-state index in [1.54, 1.807) is 12.1 Å². The molecule has 0 heterocycles. The van der Waals surface area contributed by atoms with E-state index in [9.17, 15) is 8.42 Å². The largest absolute Gasteiger partial charge is 0.357 e. The Labute approximate surface area is 126 Å². The highest BCUT2D eigenvalue weighted by atomic mass is 32.2. The Kier molecular flexibility index (Phi) is 7.18. The van der Waals surface area contributed by atoms with E-state index < -0.39 is 10.0 Å². The lowest BCUT2D eigenvalue weighted by molar-refractivity contribution is 0.598. The fraction of sp³-hybridized carbons (Fsp3) is 0.500. The van der Waals surface area contributed by atoms with Crippen molar-refractivity contribution in [3.05, 3.63) is 29.8 Å². The van der Waals surface area contributed by atoms with Gasteiger partial charge in [0.25, 0.3) is 0 Å². The Morgan fingerprint density at radius 2 is 1.86 bits per heavy atom. The van der Waals surface area contributed by atoms with Gasteiger partial charge in [-0.15, -0.1) is 0 Å². The van der Waals surface area contributed by atoms with Crippen molar-refractivity contribution in [1.29, 1.82) is 0 Å². The third-order valence-corrected chi connectivity index (χ3v) is 3.72. The van der Waals surface area contributed by atoms with E-state index in [2.05, 4.69) is 22.5 Å². The number of benzene rings is 1. The zero-order chi connectivity index (χ0) is 15.7. The maximum atomic E-state index is 11.2. The lowest BCUT2D eigenvalue weighted by Gasteiger charge is -2.11. The van der Waals surface area contributed by atoms with Crippen LogP contribution < -0.4 is 15.8 Å². The van der Waals surface area contributed by atoms with Crippen LogP contribution in [0.15, 0.2) is 34.2 Å². The van der Waals surface area contributed by atoms with Gasteiger partial charge in [-0.2, -0.15) is 0 Å². The van der Waals surface area contributed by atoms with Crippen LogP contribution in [0.3, 0.4) is 0 Å². The molecule has 1 aromatic rings. The normalized spacial score (nSPS) is 12.2. The summed E-state index contributed by atoms with van der Waals surface area (Å²) in [5.41, 5.74) is 1.04. The van der Waals surface area contributed by atoms with Crippen molar-refractivity contribution in [1.82, 2.24) is 10.6 Å². The fourth-order valence-electron chi connectivity index (χ4n) is 1.74. The minimum atomic E-state index is -3.62. The van der Waals surface area contributed by atoms with Crippen LogP contribution in [0.2, 0.25) is 0 Å². The monoisotopic (exact) mass is 312 g/mol. The quantitative estimate of drug-likeness (QED) is 0.513. The Morgan fingerprint density at radius 3 is 2.38 bits per heavy atom. The molecule has 0 bridgehead atoms. The fourth-order valence-corrected chi connectivity index (χ4v) is 2.25. The van der Waals surface area contributed by atoms with Gasteiger partial charge in [-0.25, -0.2) is 13.6 Å². The van der Waals surface area contributed by atoms with Crippen molar-refractivity contribution in [2.24, 2.45) is 10.1 Å². The van der Waals surface area contributed by atoms with Crippen LogP contribution in [0.5, 0.6) is 0 Å². The first-order valence-corrected chi connectivity index (χ1v) is 8.66. The number of primary sulfonamides is 1. The van der Waals surface area contributed by atoms with Crippen molar-refractivity contribution in [2.45, 2.75) is 31.6 Å². The van der Waals surface area contributed by atoms with Crippen molar-refractivity contribution < 1.29 is 8.42 Å². The molecule has 0 radical (unpaired) electrons. The second kappa shape index (κ2) is 8.63. The van der Waals surface area contributed by atoms with Gasteiger partial charge in [0.1, 0.15) is 0 Å². The van der Waals surface area contributed by atoms with Gasteiger partial charge in [0.15, 0.2) is 5.96 Å². The molecule has 0 fully saturated rings. The Hall–Kier alpha value is -1.60. The summed E-state index contributed by atoms with van der Waals surface area (Å²) in [6.07, 6.45) is 1.78. The number of nitrogens with two attached hydrogens (primary N) is 1. The second-order valence-electron chi connectivity index (χ2n) is 4.63. The summed E-state index contributed by atoms with van der Waals surface area (Å²) in [4.78, 5) is 4.54. The number of hydrogen-bond acceptors (Lipinski definition) is 3. The van der Waals surface area contributed by atoms with Crippen molar-refractivity contribution >= 4 is 16.0 Å². The zero-order valence-corrected chi connectivity index (χ0v) is 13.4. The molecule has 0 aliphatic heterocycles. The van der Waals surface area contributed by atoms with Crippen molar-refractivity contribution in [3.8, 4) is 0 Å². The number of guanidine groups is 1. The van der Waals surface area contributed by atoms with Gasteiger partial charge in [-0.05, 0) is 37.5 Å². The van der Waals surface area contributed by atoms with Crippen LogP contribution in [0.1, 0.15) is 25.8 Å². The van der Waals surface area contributed by atoms with Crippen LogP contribution >= 0.6 is 0 Å². The lowest BCUT2D eigenvalue weighted by Crippen LogP contribution is -2.38. The minimum Gasteiger partial charge on any atom is -0.357 e. The molecule has 0 unspecified atom stereocenters. The first-order chi connectivity index (χ1) is 9.97. The molecule has 6 nitrogen and oxygen atoms in total. The molecule has 1 rings (SSSR count). The molecular formula is C14H24N4O2S. The van der Waals surface area contributed by atoms with Crippen molar-refractivity contribution in [3.63, 3.8) is 0 Å². The number of nitrogens with one attached hydrogen (secondary N) is 2. The molecule has 0 aliphatic carbocycles. The second-order valence-corrected chi connectivity index (χ2v) is 6.19. The van der Waals surface area contributed by atoms with Crippen LogP contribution in [-0.2, 0) is 16.4 Å². The predicted molar refractivity (Wildman–Crippen MR) is 85.8 cm³/mol. The molecule has 0 amide bonds. The summed E-state index contributed by atoms with van der Waals surface area (Å²) in [7, 11) is -3.62. The number of rotatable bonds is 7. The van der Waals surface area contributed by atoms with Crippen LogP contribution in [0.4, 0.5) is 0 Å². The van der Waals surface area contributed by atoms with E-state index in [0.29, 0.717) is 0 Å². The van der Waals surface area contributed by atoms with E-state index in [-0.39, 0.29) is 4.90 Å². The molecule has 0 aromatic heterocycles.